The Kier molecular flexibility index (Phi) is 5.81. The van der Waals surface area contributed by atoms with Gasteiger partial charge in [0.25, 0.3) is 5.22 Å². The molecule has 0 aliphatic rings. The summed E-state index contributed by atoms with van der Waals surface area (Å²) in [5.41, 5.74) is 1.59. The minimum atomic E-state index is -0.957. The molecule has 0 radical (unpaired) electrons. The smallest absolute Gasteiger partial charge is 0.277 e. The van der Waals surface area contributed by atoms with Gasteiger partial charge in [-0.05, 0) is 37.3 Å². The molecule has 1 N–H and O–H groups in total. The van der Waals surface area contributed by atoms with Gasteiger partial charge in [-0.25, -0.2) is 13.8 Å². The standard InChI is InChI=1S/C19H13F2N5O2S2/c1-10(30-19-26-25-17(28-19)11-4-6-22-7-5-11)16(27)24-18-23-15(9-29-18)12-2-3-13(20)14(21)8-12/h2-10H,1H3,(H,23,24,27). The minimum Gasteiger partial charge on any atom is -0.411 e. The van der Waals surface area contributed by atoms with Crippen molar-refractivity contribution in [1.29, 1.82) is 0 Å². The van der Waals surface area contributed by atoms with Crippen molar-refractivity contribution in [3.8, 4) is 22.7 Å². The van der Waals surface area contributed by atoms with Crippen molar-refractivity contribution in [2.75, 3.05) is 5.32 Å². The van der Waals surface area contributed by atoms with E-state index in [0.29, 0.717) is 22.3 Å². The van der Waals surface area contributed by atoms with Crippen LogP contribution in [0.1, 0.15) is 6.92 Å². The van der Waals surface area contributed by atoms with Crippen LogP contribution in [0.5, 0.6) is 0 Å². The van der Waals surface area contributed by atoms with Crippen LogP contribution < -0.4 is 5.32 Å². The van der Waals surface area contributed by atoms with Crippen LogP contribution in [0.25, 0.3) is 22.7 Å². The van der Waals surface area contributed by atoms with Gasteiger partial charge in [-0.15, -0.1) is 21.5 Å². The van der Waals surface area contributed by atoms with Gasteiger partial charge in [-0.1, -0.05) is 11.8 Å². The van der Waals surface area contributed by atoms with Crippen LogP contribution in [-0.2, 0) is 4.79 Å². The molecule has 11 heteroatoms. The zero-order valence-electron chi connectivity index (χ0n) is 15.4. The zero-order valence-corrected chi connectivity index (χ0v) is 17.0. The number of benzene rings is 1. The molecule has 4 rings (SSSR count). The van der Waals surface area contributed by atoms with Gasteiger partial charge >= 0.3 is 0 Å². The number of carbonyl (C=O) groups is 1. The number of thioether (sulfide) groups is 1. The summed E-state index contributed by atoms with van der Waals surface area (Å²) in [5, 5.41) is 12.3. The third-order valence-electron chi connectivity index (χ3n) is 3.93. The van der Waals surface area contributed by atoms with Crippen LogP contribution in [-0.4, -0.2) is 31.3 Å². The number of halogens is 2. The Bertz CT molecular complexity index is 1180. The largest absolute Gasteiger partial charge is 0.411 e. The number of thiazole rings is 1. The number of anilines is 1. The molecule has 0 saturated carbocycles. The molecule has 3 aromatic heterocycles. The Morgan fingerprint density at radius 2 is 1.93 bits per heavy atom. The highest BCUT2D eigenvalue weighted by Crippen LogP contribution is 2.29. The topological polar surface area (TPSA) is 93.8 Å². The van der Waals surface area contributed by atoms with Gasteiger partial charge in [0.1, 0.15) is 0 Å². The molecule has 1 amide bonds. The van der Waals surface area contributed by atoms with Crippen molar-refractivity contribution in [1.82, 2.24) is 20.2 Å². The van der Waals surface area contributed by atoms with Crippen LogP contribution in [0, 0.1) is 11.6 Å². The van der Waals surface area contributed by atoms with Gasteiger partial charge in [0.15, 0.2) is 16.8 Å². The summed E-state index contributed by atoms with van der Waals surface area (Å²) in [6.07, 6.45) is 3.23. The number of hydrogen-bond donors (Lipinski definition) is 1. The van der Waals surface area contributed by atoms with Gasteiger partial charge in [-0.3, -0.25) is 9.78 Å². The fourth-order valence-corrected chi connectivity index (χ4v) is 3.81. The Labute approximate surface area is 177 Å². The maximum Gasteiger partial charge on any atom is 0.277 e. The molecule has 0 saturated heterocycles. The maximum absolute atomic E-state index is 13.4. The van der Waals surface area contributed by atoms with Crippen molar-refractivity contribution in [2.24, 2.45) is 0 Å². The second-order valence-corrected chi connectivity index (χ2v) is 8.18. The first-order chi connectivity index (χ1) is 14.5. The Balaban J connectivity index is 1.39. The first kappa shape index (κ1) is 20.1. The van der Waals surface area contributed by atoms with E-state index >= 15 is 0 Å². The zero-order chi connectivity index (χ0) is 21.1. The molecule has 7 nitrogen and oxygen atoms in total. The SMILES string of the molecule is CC(Sc1nnc(-c2ccncc2)o1)C(=O)Nc1nc(-c2ccc(F)c(F)c2)cs1. The lowest BCUT2D eigenvalue weighted by molar-refractivity contribution is -0.115. The van der Waals surface area contributed by atoms with Gasteiger partial charge < -0.3 is 9.73 Å². The molecule has 0 aliphatic heterocycles. The summed E-state index contributed by atoms with van der Waals surface area (Å²) in [4.78, 5) is 20.7. The molecule has 0 bridgehead atoms. The van der Waals surface area contributed by atoms with Crippen molar-refractivity contribution in [3.05, 3.63) is 59.7 Å². The first-order valence-corrected chi connectivity index (χ1v) is 10.4. The molecule has 30 heavy (non-hydrogen) atoms. The highest BCUT2D eigenvalue weighted by Gasteiger charge is 2.20. The van der Waals surface area contributed by atoms with E-state index in [1.54, 1.807) is 36.8 Å². The lowest BCUT2D eigenvalue weighted by Crippen LogP contribution is -2.22. The summed E-state index contributed by atoms with van der Waals surface area (Å²) >= 11 is 2.29. The third-order valence-corrected chi connectivity index (χ3v) is 5.62. The van der Waals surface area contributed by atoms with Crippen LogP contribution in [0.15, 0.2) is 57.7 Å². The third kappa shape index (κ3) is 4.52. The van der Waals surface area contributed by atoms with E-state index in [2.05, 4.69) is 25.5 Å². The Hall–Kier alpha value is -3.18. The summed E-state index contributed by atoms with van der Waals surface area (Å²) in [7, 11) is 0. The van der Waals surface area contributed by atoms with Gasteiger partial charge in [0.05, 0.1) is 10.9 Å². The molecule has 0 aliphatic carbocycles. The normalized spacial score (nSPS) is 12.0. The van der Waals surface area contributed by atoms with Crippen molar-refractivity contribution in [3.63, 3.8) is 0 Å². The van der Waals surface area contributed by atoms with E-state index in [9.17, 15) is 13.6 Å². The number of amides is 1. The number of aromatic nitrogens is 4. The van der Waals surface area contributed by atoms with Crippen molar-refractivity contribution >= 4 is 34.1 Å². The highest BCUT2D eigenvalue weighted by molar-refractivity contribution is 8.00. The number of hydrogen-bond acceptors (Lipinski definition) is 8. The molecular weight excluding hydrogens is 432 g/mol. The van der Waals surface area contributed by atoms with Crippen LogP contribution in [0.3, 0.4) is 0 Å². The molecule has 1 atom stereocenters. The predicted molar refractivity (Wildman–Crippen MR) is 109 cm³/mol. The minimum absolute atomic E-state index is 0.256. The Morgan fingerprint density at radius 3 is 2.70 bits per heavy atom. The Morgan fingerprint density at radius 1 is 1.13 bits per heavy atom. The maximum atomic E-state index is 13.4. The van der Waals surface area contributed by atoms with Crippen molar-refractivity contribution in [2.45, 2.75) is 17.4 Å². The fourth-order valence-electron chi connectivity index (χ4n) is 2.40. The fraction of sp³-hybridized carbons (Fsp3) is 0.105. The molecule has 1 unspecified atom stereocenters. The van der Waals surface area contributed by atoms with Gasteiger partial charge in [0.2, 0.25) is 11.8 Å². The average molecular weight is 445 g/mol. The second kappa shape index (κ2) is 8.67. The van der Waals surface area contributed by atoms with Crippen molar-refractivity contribution < 1.29 is 18.0 Å². The van der Waals surface area contributed by atoms with E-state index in [0.717, 1.165) is 29.5 Å². The van der Waals surface area contributed by atoms with E-state index in [1.807, 2.05) is 0 Å². The second-order valence-electron chi connectivity index (χ2n) is 6.03. The highest BCUT2D eigenvalue weighted by atomic mass is 32.2. The first-order valence-electron chi connectivity index (χ1n) is 8.62. The average Bonchev–Trinajstić information content (AvgIpc) is 3.40. The van der Waals surface area contributed by atoms with Crippen LogP contribution in [0.4, 0.5) is 13.9 Å². The molecule has 152 valence electrons. The van der Waals surface area contributed by atoms with Gasteiger partial charge in [-0.2, -0.15) is 0 Å². The molecule has 3 heterocycles. The van der Waals surface area contributed by atoms with Crippen LogP contribution >= 0.6 is 23.1 Å². The van der Waals surface area contributed by atoms with Gasteiger partial charge in [0, 0.05) is 28.9 Å². The molecule has 1 aromatic carbocycles. The van der Waals surface area contributed by atoms with Crippen LogP contribution in [0.2, 0.25) is 0 Å². The molecular formula is C19H13F2N5O2S2. The summed E-state index contributed by atoms with van der Waals surface area (Å²) in [6.45, 7) is 1.69. The number of nitrogens with one attached hydrogen (secondary N) is 1. The number of carbonyl (C=O) groups excluding carboxylic acids is 1. The number of rotatable bonds is 6. The van der Waals surface area contributed by atoms with E-state index < -0.39 is 16.9 Å². The quantitative estimate of drug-likeness (QED) is 0.432. The lowest BCUT2D eigenvalue weighted by Gasteiger charge is -2.07. The molecule has 0 fully saturated rings. The predicted octanol–water partition coefficient (Wildman–Crippen LogP) is 4.65. The summed E-state index contributed by atoms with van der Waals surface area (Å²) in [6, 6.07) is 7.00. The van der Waals surface area contributed by atoms with E-state index in [1.165, 1.54) is 17.4 Å². The van der Waals surface area contributed by atoms with E-state index in [-0.39, 0.29) is 11.1 Å². The monoisotopic (exact) mass is 445 g/mol. The lowest BCUT2D eigenvalue weighted by atomic mass is 10.2. The summed E-state index contributed by atoms with van der Waals surface area (Å²) in [5.74, 6) is -1.86. The number of nitrogens with zero attached hydrogens (tertiary/aromatic N) is 4. The number of pyridine rings is 1. The molecule has 4 aromatic rings. The molecule has 0 spiro atoms. The summed E-state index contributed by atoms with van der Waals surface area (Å²) < 4.78 is 32.1. The van der Waals surface area contributed by atoms with E-state index in [4.69, 9.17) is 4.42 Å².